The quantitative estimate of drug-likeness (QED) is 0.648. The third-order valence-electron chi connectivity index (χ3n) is 2.59. The van der Waals surface area contributed by atoms with Gasteiger partial charge in [-0.15, -0.1) is 0 Å². The van der Waals surface area contributed by atoms with Crippen LogP contribution >= 0.6 is 0 Å². The SMILES string of the molecule is COC(=O)c1c(N)cc(-c2nccn2C)cc1F. The third kappa shape index (κ3) is 1.92. The Balaban J connectivity index is 2.56. The van der Waals surface area contributed by atoms with Crippen molar-refractivity contribution in [1.29, 1.82) is 0 Å². The van der Waals surface area contributed by atoms with E-state index in [9.17, 15) is 9.18 Å². The Morgan fingerprint density at radius 1 is 1.50 bits per heavy atom. The van der Waals surface area contributed by atoms with Crippen molar-refractivity contribution >= 4 is 11.7 Å². The molecule has 1 aromatic carbocycles. The highest BCUT2D eigenvalue weighted by Crippen LogP contribution is 2.25. The lowest BCUT2D eigenvalue weighted by Gasteiger charge is -2.08. The molecule has 0 fully saturated rings. The highest BCUT2D eigenvalue weighted by atomic mass is 19.1. The number of esters is 1. The van der Waals surface area contributed by atoms with Gasteiger partial charge in [0.15, 0.2) is 0 Å². The zero-order valence-corrected chi connectivity index (χ0v) is 9.98. The van der Waals surface area contributed by atoms with Crippen LogP contribution in [0.2, 0.25) is 0 Å². The average molecular weight is 249 g/mol. The molecule has 0 amide bonds. The third-order valence-corrected chi connectivity index (χ3v) is 2.59. The largest absolute Gasteiger partial charge is 0.465 e. The molecule has 0 saturated carbocycles. The van der Waals surface area contributed by atoms with E-state index in [1.54, 1.807) is 24.0 Å². The molecular weight excluding hydrogens is 237 g/mol. The lowest BCUT2D eigenvalue weighted by molar-refractivity contribution is 0.0597. The van der Waals surface area contributed by atoms with E-state index in [-0.39, 0.29) is 11.3 Å². The van der Waals surface area contributed by atoms with E-state index in [0.29, 0.717) is 11.4 Å². The minimum absolute atomic E-state index is 0.0276. The maximum atomic E-state index is 13.9. The maximum Gasteiger partial charge on any atom is 0.342 e. The molecule has 0 spiro atoms. The zero-order chi connectivity index (χ0) is 13.3. The Kier molecular flexibility index (Phi) is 3.01. The summed E-state index contributed by atoms with van der Waals surface area (Å²) in [5.41, 5.74) is 5.96. The van der Waals surface area contributed by atoms with Gasteiger partial charge in [0.2, 0.25) is 0 Å². The molecule has 18 heavy (non-hydrogen) atoms. The number of benzene rings is 1. The summed E-state index contributed by atoms with van der Waals surface area (Å²) in [6, 6.07) is 2.71. The minimum Gasteiger partial charge on any atom is -0.465 e. The number of hydrogen-bond donors (Lipinski definition) is 1. The molecule has 1 aromatic heterocycles. The van der Waals surface area contributed by atoms with Crippen LogP contribution < -0.4 is 5.73 Å². The van der Waals surface area contributed by atoms with Crippen LogP contribution in [0.4, 0.5) is 10.1 Å². The first kappa shape index (κ1) is 12.1. The Morgan fingerprint density at radius 2 is 2.22 bits per heavy atom. The van der Waals surface area contributed by atoms with Gasteiger partial charge in [-0.3, -0.25) is 0 Å². The molecule has 2 N–H and O–H groups in total. The predicted octanol–water partition coefficient (Wildman–Crippen LogP) is 1.59. The summed E-state index contributed by atoms with van der Waals surface area (Å²) in [5, 5.41) is 0. The fourth-order valence-electron chi connectivity index (χ4n) is 1.72. The normalized spacial score (nSPS) is 10.4. The number of ether oxygens (including phenoxy) is 1. The predicted molar refractivity (Wildman–Crippen MR) is 64.4 cm³/mol. The van der Waals surface area contributed by atoms with Crippen molar-refractivity contribution in [2.24, 2.45) is 7.05 Å². The summed E-state index contributed by atoms with van der Waals surface area (Å²) in [5.74, 6) is -0.951. The highest BCUT2D eigenvalue weighted by Gasteiger charge is 2.18. The monoisotopic (exact) mass is 249 g/mol. The van der Waals surface area contributed by atoms with E-state index in [1.165, 1.54) is 19.2 Å². The summed E-state index contributed by atoms with van der Waals surface area (Å²) in [7, 11) is 2.96. The Morgan fingerprint density at radius 3 is 2.72 bits per heavy atom. The average Bonchev–Trinajstić information content (AvgIpc) is 2.74. The van der Waals surface area contributed by atoms with Crippen LogP contribution in [0.5, 0.6) is 0 Å². The molecule has 0 bridgehead atoms. The van der Waals surface area contributed by atoms with Gasteiger partial charge in [0.05, 0.1) is 7.11 Å². The molecule has 1 heterocycles. The number of methoxy groups -OCH3 is 1. The number of rotatable bonds is 2. The van der Waals surface area contributed by atoms with Crippen LogP contribution in [0.25, 0.3) is 11.4 Å². The van der Waals surface area contributed by atoms with Gasteiger partial charge >= 0.3 is 5.97 Å². The fraction of sp³-hybridized carbons (Fsp3) is 0.167. The number of imidazole rings is 1. The first-order valence-corrected chi connectivity index (χ1v) is 5.19. The second-order valence-corrected chi connectivity index (χ2v) is 3.78. The van der Waals surface area contributed by atoms with Crippen molar-refractivity contribution in [1.82, 2.24) is 9.55 Å². The van der Waals surface area contributed by atoms with Crippen molar-refractivity contribution < 1.29 is 13.9 Å². The number of nitrogen functional groups attached to an aromatic ring is 1. The Hall–Kier alpha value is -2.37. The van der Waals surface area contributed by atoms with Gasteiger partial charge in [0.25, 0.3) is 0 Å². The van der Waals surface area contributed by atoms with Crippen LogP contribution in [0.15, 0.2) is 24.5 Å². The molecule has 2 rings (SSSR count). The zero-order valence-electron chi connectivity index (χ0n) is 9.98. The van der Waals surface area contributed by atoms with Gasteiger partial charge in [-0.05, 0) is 12.1 Å². The fourth-order valence-corrected chi connectivity index (χ4v) is 1.72. The van der Waals surface area contributed by atoms with E-state index in [2.05, 4.69) is 9.72 Å². The van der Waals surface area contributed by atoms with E-state index in [0.717, 1.165) is 0 Å². The summed E-state index contributed by atoms with van der Waals surface area (Å²) >= 11 is 0. The number of halogens is 1. The van der Waals surface area contributed by atoms with Gasteiger partial charge in [-0.25, -0.2) is 14.2 Å². The van der Waals surface area contributed by atoms with Crippen LogP contribution in [-0.4, -0.2) is 22.6 Å². The highest BCUT2D eigenvalue weighted by molar-refractivity contribution is 5.96. The molecule has 0 unspecified atom stereocenters. The Labute approximate surface area is 103 Å². The van der Waals surface area contributed by atoms with E-state index in [1.807, 2.05) is 0 Å². The van der Waals surface area contributed by atoms with Crippen LogP contribution in [0, 0.1) is 5.82 Å². The van der Waals surface area contributed by atoms with E-state index in [4.69, 9.17) is 5.73 Å². The number of aryl methyl sites for hydroxylation is 1. The molecule has 2 aromatic rings. The smallest absolute Gasteiger partial charge is 0.342 e. The van der Waals surface area contributed by atoms with Crippen molar-refractivity contribution in [3.05, 3.63) is 35.9 Å². The number of aromatic nitrogens is 2. The number of anilines is 1. The van der Waals surface area contributed by atoms with Crippen molar-refractivity contribution in [3.63, 3.8) is 0 Å². The van der Waals surface area contributed by atoms with Crippen molar-refractivity contribution in [2.75, 3.05) is 12.8 Å². The van der Waals surface area contributed by atoms with Crippen LogP contribution in [-0.2, 0) is 11.8 Å². The van der Waals surface area contributed by atoms with Crippen molar-refractivity contribution in [2.45, 2.75) is 0 Å². The van der Waals surface area contributed by atoms with Gasteiger partial charge in [-0.2, -0.15) is 0 Å². The van der Waals surface area contributed by atoms with Crippen molar-refractivity contribution in [3.8, 4) is 11.4 Å². The van der Waals surface area contributed by atoms with Gasteiger partial charge < -0.3 is 15.0 Å². The van der Waals surface area contributed by atoms with Gasteiger partial charge in [0.1, 0.15) is 17.2 Å². The second-order valence-electron chi connectivity index (χ2n) is 3.78. The summed E-state index contributed by atoms with van der Waals surface area (Å²) in [6.45, 7) is 0. The molecule has 0 aliphatic heterocycles. The molecule has 0 saturated heterocycles. The number of hydrogen-bond acceptors (Lipinski definition) is 4. The molecule has 0 radical (unpaired) electrons. The first-order chi connectivity index (χ1) is 8.54. The molecule has 0 aliphatic carbocycles. The minimum atomic E-state index is -0.795. The number of carbonyl (C=O) groups excluding carboxylic acids is 1. The summed E-state index contributed by atoms with van der Waals surface area (Å²) in [6.07, 6.45) is 3.33. The standard InChI is InChI=1S/C12H12FN3O2/c1-16-4-3-15-11(16)7-5-8(13)10(9(14)6-7)12(17)18-2/h3-6H,14H2,1-2H3. The Bertz CT molecular complexity index is 584. The molecule has 94 valence electrons. The first-order valence-electron chi connectivity index (χ1n) is 5.19. The molecule has 0 aliphatic rings. The van der Waals surface area contributed by atoms with Gasteiger partial charge in [0, 0.05) is 30.7 Å². The number of nitrogens with two attached hydrogens (primary N) is 1. The van der Waals surface area contributed by atoms with Crippen LogP contribution in [0.1, 0.15) is 10.4 Å². The van der Waals surface area contributed by atoms with Gasteiger partial charge in [-0.1, -0.05) is 0 Å². The molecule has 5 nitrogen and oxygen atoms in total. The topological polar surface area (TPSA) is 70.1 Å². The maximum absolute atomic E-state index is 13.9. The molecular formula is C12H12FN3O2. The number of nitrogens with zero attached hydrogens (tertiary/aromatic N) is 2. The number of carbonyl (C=O) groups is 1. The summed E-state index contributed by atoms with van der Waals surface area (Å²) < 4.78 is 20.1. The van der Waals surface area contributed by atoms with E-state index < -0.39 is 11.8 Å². The molecule has 0 atom stereocenters. The molecule has 6 heteroatoms. The lowest BCUT2D eigenvalue weighted by atomic mass is 10.1. The second kappa shape index (κ2) is 4.48. The van der Waals surface area contributed by atoms with Crippen LogP contribution in [0.3, 0.4) is 0 Å². The lowest BCUT2D eigenvalue weighted by Crippen LogP contribution is -2.09. The summed E-state index contributed by atoms with van der Waals surface area (Å²) in [4.78, 5) is 15.4. The van der Waals surface area contributed by atoms with E-state index >= 15 is 0 Å².